The van der Waals surface area contributed by atoms with Crippen molar-refractivity contribution in [3.8, 4) is 11.1 Å². The summed E-state index contributed by atoms with van der Waals surface area (Å²) in [6.45, 7) is 6.04. The smallest absolute Gasteiger partial charge is 0.410 e. The van der Waals surface area contributed by atoms with Gasteiger partial charge in [-0.2, -0.15) is 5.10 Å². The minimum absolute atomic E-state index is 0.0630. The minimum atomic E-state index is -0.656. The van der Waals surface area contributed by atoms with E-state index in [1.165, 1.54) is 14.2 Å². The summed E-state index contributed by atoms with van der Waals surface area (Å²) in [5.41, 5.74) is 3.07. The standard InChI is InChI=1S/C27H33ClN4O7/c1-27(2,3)39-26(36)31-11-12-32-19(13-31)22(18(14-33)29-32)21-17(28)9-7-15-16(8-10-20(34)37-5)24(25(35)38-6)30(4)23(15)21/h7,9,33H,8,10-14H2,1-6H3. The first-order valence-corrected chi connectivity index (χ1v) is 12.9. The Morgan fingerprint density at radius 3 is 2.44 bits per heavy atom. The Balaban J connectivity index is 1.93. The van der Waals surface area contributed by atoms with E-state index in [4.69, 9.17) is 25.8 Å². The molecule has 0 fully saturated rings. The number of fused-ring (bicyclic) bond motifs is 2. The largest absolute Gasteiger partial charge is 0.469 e. The van der Waals surface area contributed by atoms with E-state index in [-0.39, 0.29) is 31.7 Å². The number of aliphatic hydroxyl groups excluding tert-OH is 1. The fraction of sp³-hybridized carbons (Fsp3) is 0.481. The number of aliphatic hydroxyl groups is 1. The number of aryl methyl sites for hydroxylation is 2. The highest BCUT2D eigenvalue weighted by molar-refractivity contribution is 6.35. The zero-order valence-electron chi connectivity index (χ0n) is 23.0. The summed E-state index contributed by atoms with van der Waals surface area (Å²) in [6.07, 6.45) is -0.151. The molecule has 39 heavy (non-hydrogen) atoms. The lowest BCUT2D eigenvalue weighted by atomic mass is 9.97. The molecule has 12 heteroatoms. The fourth-order valence-electron chi connectivity index (χ4n) is 5.03. The summed E-state index contributed by atoms with van der Waals surface area (Å²) >= 11 is 6.82. The van der Waals surface area contributed by atoms with Gasteiger partial charge in [-0.3, -0.25) is 9.48 Å². The second kappa shape index (κ2) is 10.9. The van der Waals surface area contributed by atoms with Crippen LogP contribution in [0.2, 0.25) is 5.02 Å². The maximum atomic E-state index is 12.9. The van der Waals surface area contributed by atoms with Crippen LogP contribution in [0.15, 0.2) is 12.1 Å². The Morgan fingerprint density at radius 2 is 1.82 bits per heavy atom. The number of esters is 2. The van der Waals surface area contributed by atoms with E-state index < -0.39 is 23.6 Å². The molecule has 1 N–H and O–H groups in total. The maximum absolute atomic E-state index is 12.9. The molecular formula is C27H33ClN4O7. The van der Waals surface area contributed by atoms with Crippen LogP contribution in [0.5, 0.6) is 0 Å². The maximum Gasteiger partial charge on any atom is 0.410 e. The molecule has 4 rings (SSSR count). The number of hydrogen-bond donors (Lipinski definition) is 1. The second-order valence-corrected chi connectivity index (χ2v) is 10.7. The van der Waals surface area contributed by atoms with Gasteiger partial charge < -0.3 is 28.8 Å². The van der Waals surface area contributed by atoms with Gasteiger partial charge in [0.15, 0.2) is 0 Å². The van der Waals surface area contributed by atoms with E-state index >= 15 is 0 Å². The lowest BCUT2D eigenvalue weighted by Crippen LogP contribution is -2.41. The second-order valence-electron chi connectivity index (χ2n) is 10.3. The lowest BCUT2D eigenvalue weighted by molar-refractivity contribution is -0.140. The number of nitrogens with zero attached hydrogens (tertiary/aromatic N) is 4. The molecule has 1 aromatic carbocycles. The van der Waals surface area contributed by atoms with Crippen LogP contribution in [-0.4, -0.2) is 68.8 Å². The van der Waals surface area contributed by atoms with Gasteiger partial charge in [0.25, 0.3) is 0 Å². The van der Waals surface area contributed by atoms with E-state index in [1.54, 1.807) is 54.1 Å². The molecule has 1 aliphatic rings. The molecule has 210 valence electrons. The Bertz CT molecular complexity index is 1450. The van der Waals surface area contributed by atoms with Crippen molar-refractivity contribution in [2.75, 3.05) is 20.8 Å². The summed E-state index contributed by atoms with van der Waals surface area (Å²) in [5, 5.41) is 16.0. The molecule has 1 amide bonds. The minimum Gasteiger partial charge on any atom is -0.469 e. The molecule has 0 radical (unpaired) electrons. The van der Waals surface area contributed by atoms with Crippen molar-refractivity contribution >= 4 is 40.5 Å². The number of rotatable bonds is 6. The van der Waals surface area contributed by atoms with Crippen molar-refractivity contribution < 1.29 is 33.7 Å². The fourth-order valence-corrected chi connectivity index (χ4v) is 5.28. The third-order valence-electron chi connectivity index (χ3n) is 6.70. The first-order valence-electron chi connectivity index (χ1n) is 12.5. The summed E-state index contributed by atoms with van der Waals surface area (Å²) in [6, 6.07) is 3.50. The van der Waals surface area contributed by atoms with E-state index in [2.05, 4.69) is 5.10 Å². The van der Waals surface area contributed by atoms with Gasteiger partial charge in [-0.1, -0.05) is 17.7 Å². The first-order chi connectivity index (χ1) is 18.4. The van der Waals surface area contributed by atoms with Gasteiger partial charge in [0, 0.05) is 36.5 Å². The van der Waals surface area contributed by atoms with Crippen LogP contribution in [-0.2, 0) is 52.2 Å². The van der Waals surface area contributed by atoms with Crippen molar-refractivity contribution in [2.24, 2.45) is 7.05 Å². The van der Waals surface area contributed by atoms with Gasteiger partial charge in [-0.05, 0) is 38.8 Å². The highest BCUT2D eigenvalue weighted by Gasteiger charge is 2.33. The number of benzene rings is 1. The number of carbonyl (C=O) groups is 3. The van der Waals surface area contributed by atoms with Crippen LogP contribution in [0.1, 0.15) is 54.6 Å². The summed E-state index contributed by atoms with van der Waals surface area (Å²) in [5.74, 6) is -0.973. The van der Waals surface area contributed by atoms with Crippen LogP contribution in [0, 0.1) is 0 Å². The molecule has 2 aromatic heterocycles. The Kier molecular flexibility index (Phi) is 7.94. The van der Waals surface area contributed by atoms with E-state index in [0.29, 0.717) is 57.1 Å². The van der Waals surface area contributed by atoms with Crippen LogP contribution in [0.3, 0.4) is 0 Å². The zero-order chi connectivity index (χ0) is 28.6. The number of hydrogen-bond acceptors (Lipinski definition) is 8. The normalized spacial score (nSPS) is 13.4. The van der Waals surface area contributed by atoms with Crippen molar-refractivity contribution in [3.63, 3.8) is 0 Å². The molecule has 3 heterocycles. The number of aromatic nitrogens is 3. The van der Waals surface area contributed by atoms with Crippen LogP contribution in [0.4, 0.5) is 4.79 Å². The first kappa shape index (κ1) is 28.4. The Hall–Kier alpha value is -3.57. The van der Waals surface area contributed by atoms with Crippen molar-refractivity contribution in [3.05, 3.63) is 39.8 Å². The number of methoxy groups -OCH3 is 2. The third-order valence-corrected chi connectivity index (χ3v) is 7.01. The van der Waals surface area contributed by atoms with Gasteiger partial charge in [-0.25, -0.2) is 9.59 Å². The number of halogens is 1. The van der Waals surface area contributed by atoms with E-state index in [1.807, 2.05) is 0 Å². The topological polar surface area (TPSA) is 125 Å². The number of ether oxygens (including phenoxy) is 3. The number of carbonyl (C=O) groups excluding carboxylic acids is 3. The van der Waals surface area contributed by atoms with Crippen molar-refractivity contribution in [1.82, 2.24) is 19.2 Å². The predicted molar refractivity (Wildman–Crippen MR) is 143 cm³/mol. The third kappa shape index (κ3) is 5.33. The molecule has 0 bridgehead atoms. The average molecular weight is 561 g/mol. The molecule has 11 nitrogen and oxygen atoms in total. The highest BCUT2D eigenvalue weighted by Crippen LogP contribution is 2.43. The highest BCUT2D eigenvalue weighted by atomic mass is 35.5. The van der Waals surface area contributed by atoms with Crippen LogP contribution >= 0.6 is 11.6 Å². The van der Waals surface area contributed by atoms with Crippen LogP contribution in [0.25, 0.3) is 22.0 Å². The van der Waals surface area contributed by atoms with Crippen molar-refractivity contribution in [1.29, 1.82) is 0 Å². The molecule has 0 aliphatic carbocycles. The van der Waals surface area contributed by atoms with Crippen molar-refractivity contribution in [2.45, 2.75) is 58.9 Å². The Morgan fingerprint density at radius 1 is 1.10 bits per heavy atom. The molecular weight excluding hydrogens is 528 g/mol. The summed E-state index contributed by atoms with van der Waals surface area (Å²) in [7, 11) is 4.32. The molecule has 3 aromatic rings. The molecule has 0 unspecified atom stereocenters. The molecule has 0 spiro atoms. The number of amides is 1. The predicted octanol–water partition coefficient (Wildman–Crippen LogP) is 3.83. The molecule has 0 saturated heterocycles. The van der Waals surface area contributed by atoms with E-state index in [0.717, 1.165) is 0 Å². The summed E-state index contributed by atoms with van der Waals surface area (Å²) < 4.78 is 18.9. The summed E-state index contributed by atoms with van der Waals surface area (Å²) in [4.78, 5) is 39.3. The quantitative estimate of drug-likeness (QED) is 0.356. The zero-order valence-corrected chi connectivity index (χ0v) is 23.7. The van der Waals surface area contributed by atoms with Gasteiger partial charge >= 0.3 is 18.0 Å². The Labute approximate surface area is 231 Å². The average Bonchev–Trinajstić information content (AvgIpc) is 3.39. The van der Waals surface area contributed by atoms with Crippen LogP contribution < -0.4 is 0 Å². The lowest BCUT2D eigenvalue weighted by Gasteiger charge is -2.31. The van der Waals surface area contributed by atoms with E-state index in [9.17, 15) is 19.5 Å². The molecule has 1 aliphatic heterocycles. The van der Waals surface area contributed by atoms with Gasteiger partial charge in [-0.15, -0.1) is 0 Å². The van der Waals surface area contributed by atoms with Gasteiger partial charge in [0.2, 0.25) is 0 Å². The molecule has 0 atom stereocenters. The molecule has 0 saturated carbocycles. The van der Waals surface area contributed by atoms with Gasteiger partial charge in [0.05, 0.1) is 55.8 Å². The SMILES string of the molecule is COC(=O)CCc1c(C(=O)OC)n(C)c2c(-c3c(CO)nn4c3CN(C(=O)OC(C)(C)C)CC4)c(Cl)ccc12. The monoisotopic (exact) mass is 560 g/mol. The van der Waals surface area contributed by atoms with Gasteiger partial charge in [0.1, 0.15) is 11.3 Å².